The van der Waals surface area contributed by atoms with Gasteiger partial charge in [0.1, 0.15) is 0 Å². The van der Waals surface area contributed by atoms with Gasteiger partial charge in [0, 0.05) is 6.08 Å². The van der Waals surface area contributed by atoms with E-state index < -0.39 is 18.2 Å². The van der Waals surface area contributed by atoms with Gasteiger partial charge in [-0.1, -0.05) is 12.2 Å². The number of aliphatic hydroxyl groups excluding tert-OH is 3. The molecule has 0 spiro atoms. The van der Waals surface area contributed by atoms with Gasteiger partial charge in [0.25, 0.3) is 0 Å². The van der Waals surface area contributed by atoms with E-state index in [9.17, 15) is 20.1 Å². The number of hydrogen-bond acceptors (Lipinski definition) is 4. The van der Waals surface area contributed by atoms with Crippen molar-refractivity contribution in [2.24, 2.45) is 11.8 Å². The molecule has 1 aliphatic carbocycles. The molecule has 1 aliphatic rings. The van der Waals surface area contributed by atoms with Crippen LogP contribution in [0.5, 0.6) is 0 Å². The van der Waals surface area contributed by atoms with Crippen LogP contribution in [-0.2, 0) is 4.79 Å². The van der Waals surface area contributed by atoms with Gasteiger partial charge in [0.05, 0.1) is 18.3 Å². The van der Waals surface area contributed by atoms with Gasteiger partial charge in [-0.25, -0.2) is 4.79 Å². The van der Waals surface area contributed by atoms with Gasteiger partial charge in [0.15, 0.2) is 0 Å². The summed E-state index contributed by atoms with van der Waals surface area (Å²) in [5, 5.41) is 37.5. The zero-order valence-corrected chi connectivity index (χ0v) is 12.4. The molecule has 1 saturated carbocycles. The fraction of sp³-hybridized carbons (Fsp3) is 0.688. The molecule has 0 amide bonds. The predicted molar refractivity (Wildman–Crippen MR) is 79.7 cm³/mol. The number of rotatable bonds is 8. The van der Waals surface area contributed by atoms with Gasteiger partial charge >= 0.3 is 5.97 Å². The first-order valence-corrected chi connectivity index (χ1v) is 7.52. The van der Waals surface area contributed by atoms with Crippen molar-refractivity contribution in [3.05, 3.63) is 24.3 Å². The third kappa shape index (κ3) is 6.89. The maximum Gasteiger partial charge on any atom is 0.328 e. The zero-order chi connectivity index (χ0) is 15.8. The number of carbonyl (C=O) groups is 1. The van der Waals surface area contributed by atoms with Crippen LogP contribution in [0.25, 0.3) is 0 Å². The second kappa shape index (κ2) is 8.97. The molecule has 0 radical (unpaired) electrons. The Hall–Kier alpha value is -1.17. The van der Waals surface area contributed by atoms with Crippen LogP contribution in [0, 0.1) is 11.8 Å². The van der Waals surface area contributed by atoms with Crippen molar-refractivity contribution in [2.75, 3.05) is 0 Å². The molecule has 0 bridgehead atoms. The van der Waals surface area contributed by atoms with Gasteiger partial charge in [-0.15, -0.1) is 0 Å². The van der Waals surface area contributed by atoms with Gasteiger partial charge in [-0.05, 0) is 56.9 Å². The summed E-state index contributed by atoms with van der Waals surface area (Å²) in [6.45, 7) is 1.76. The molecule has 5 nitrogen and oxygen atoms in total. The monoisotopic (exact) mass is 298 g/mol. The van der Waals surface area contributed by atoms with E-state index in [0.29, 0.717) is 12.8 Å². The molecule has 0 unspecified atom stereocenters. The van der Waals surface area contributed by atoms with Crippen molar-refractivity contribution in [3.8, 4) is 0 Å². The minimum absolute atomic E-state index is 0.0556. The van der Waals surface area contributed by atoms with Gasteiger partial charge in [-0.2, -0.15) is 0 Å². The highest BCUT2D eigenvalue weighted by Crippen LogP contribution is 2.36. The molecule has 0 aromatic rings. The number of aliphatic hydroxyl groups is 3. The van der Waals surface area contributed by atoms with Crippen molar-refractivity contribution in [3.63, 3.8) is 0 Å². The van der Waals surface area contributed by atoms with E-state index in [1.165, 1.54) is 6.08 Å². The van der Waals surface area contributed by atoms with Gasteiger partial charge < -0.3 is 20.4 Å². The molecule has 5 atom stereocenters. The second-order valence-corrected chi connectivity index (χ2v) is 5.85. The van der Waals surface area contributed by atoms with Gasteiger partial charge in [0.2, 0.25) is 0 Å². The lowest BCUT2D eigenvalue weighted by atomic mass is 9.90. The molecule has 0 heterocycles. The zero-order valence-electron chi connectivity index (χ0n) is 12.4. The summed E-state index contributed by atoms with van der Waals surface area (Å²) in [5.41, 5.74) is 0. The molecule has 0 aromatic carbocycles. The lowest BCUT2D eigenvalue weighted by Crippen LogP contribution is -2.21. The van der Waals surface area contributed by atoms with E-state index in [1.807, 2.05) is 12.2 Å². The number of hydrogen-bond donors (Lipinski definition) is 4. The Bertz CT molecular complexity index is 375. The number of allylic oxidation sites excluding steroid dienone is 2. The van der Waals surface area contributed by atoms with E-state index in [0.717, 1.165) is 25.3 Å². The topological polar surface area (TPSA) is 98.0 Å². The molecule has 5 heteroatoms. The van der Waals surface area contributed by atoms with Crippen LogP contribution < -0.4 is 0 Å². The van der Waals surface area contributed by atoms with E-state index >= 15 is 0 Å². The van der Waals surface area contributed by atoms with Crippen LogP contribution in [0.1, 0.15) is 39.0 Å². The summed E-state index contributed by atoms with van der Waals surface area (Å²) in [4.78, 5) is 10.5. The fourth-order valence-corrected chi connectivity index (χ4v) is 2.81. The molecule has 4 N–H and O–H groups in total. The minimum atomic E-state index is -1.09. The maximum absolute atomic E-state index is 10.5. The summed E-state index contributed by atoms with van der Waals surface area (Å²) in [6, 6.07) is 0. The Balaban J connectivity index is 2.50. The first-order chi connectivity index (χ1) is 9.90. The minimum Gasteiger partial charge on any atom is -0.478 e. The Morgan fingerprint density at radius 3 is 2.67 bits per heavy atom. The molecule has 1 rings (SSSR count). The van der Waals surface area contributed by atoms with Crippen LogP contribution in [0.4, 0.5) is 0 Å². The van der Waals surface area contributed by atoms with E-state index in [2.05, 4.69) is 0 Å². The number of aliphatic carboxylic acids is 1. The Morgan fingerprint density at radius 2 is 2.05 bits per heavy atom. The third-order valence-electron chi connectivity index (χ3n) is 3.89. The molecule has 0 aromatic heterocycles. The molecule has 0 aliphatic heterocycles. The van der Waals surface area contributed by atoms with E-state index in [-0.39, 0.29) is 17.9 Å². The molecule has 0 saturated heterocycles. The van der Waals surface area contributed by atoms with Crippen LogP contribution in [-0.4, -0.2) is 44.7 Å². The van der Waals surface area contributed by atoms with Crippen molar-refractivity contribution in [1.29, 1.82) is 0 Å². The maximum atomic E-state index is 10.5. The van der Waals surface area contributed by atoms with Crippen LogP contribution in [0.2, 0.25) is 0 Å². The van der Waals surface area contributed by atoms with Crippen molar-refractivity contribution >= 4 is 5.97 Å². The first kappa shape index (κ1) is 17.9. The smallest absolute Gasteiger partial charge is 0.328 e. The first-order valence-electron chi connectivity index (χ1n) is 7.52. The van der Waals surface area contributed by atoms with E-state index in [4.69, 9.17) is 5.11 Å². The average molecular weight is 298 g/mol. The molecular weight excluding hydrogens is 272 g/mol. The summed E-state index contributed by atoms with van der Waals surface area (Å²) >= 11 is 0. The third-order valence-corrected chi connectivity index (χ3v) is 3.89. The molecule has 120 valence electrons. The fourth-order valence-electron chi connectivity index (χ4n) is 2.81. The highest BCUT2D eigenvalue weighted by molar-refractivity contribution is 5.79. The molecule has 1 fully saturated rings. The normalized spacial score (nSPS) is 29.2. The number of carboxylic acids is 1. The lowest BCUT2D eigenvalue weighted by molar-refractivity contribution is -0.131. The van der Waals surface area contributed by atoms with Crippen LogP contribution in [0.15, 0.2) is 24.3 Å². The number of unbranched alkanes of at least 4 members (excludes halogenated alkanes) is 1. The number of carboxylic acid groups (broad SMARTS) is 1. The SMILES string of the molecule is C[C@H](O)CCC/C=C/[C@@H]1C[C@H](O)C[C@H]1[C@@H](O)/C=C/C(=O)O. The molecular formula is C16H26O5. The van der Waals surface area contributed by atoms with Crippen LogP contribution >= 0.6 is 0 Å². The summed E-state index contributed by atoms with van der Waals surface area (Å²) in [5.74, 6) is -1.18. The standard InChI is InChI=1S/C16H26O5/c1-11(17)5-3-2-4-6-12-9-13(18)10-14(12)15(19)7-8-16(20)21/h4,6-8,11-15,17-19H,2-3,5,9-10H2,1H3,(H,20,21)/b6-4+,8-7+/t11-,12+,13-,14+,15-/m0/s1. The van der Waals surface area contributed by atoms with Crippen molar-refractivity contribution < 1.29 is 25.2 Å². The van der Waals surface area contributed by atoms with E-state index in [1.54, 1.807) is 6.92 Å². The predicted octanol–water partition coefficient (Wildman–Crippen LogP) is 1.48. The largest absolute Gasteiger partial charge is 0.478 e. The van der Waals surface area contributed by atoms with Gasteiger partial charge in [-0.3, -0.25) is 0 Å². The summed E-state index contributed by atoms with van der Waals surface area (Å²) in [6.07, 6.45) is 8.22. The van der Waals surface area contributed by atoms with Crippen LogP contribution in [0.3, 0.4) is 0 Å². The second-order valence-electron chi connectivity index (χ2n) is 5.85. The van der Waals surface area contributed by atoms with Crippen molar-refractivity contribution in [2.45, 2.75) is 57.3 Å². The highest BCUT2D eigenvalue weighted by atomic mass is 16.4. The lowest BCUT2D eigenvalue weighted by Gasteiger charge is -2.19. The highest BCUT2D eigenvalue weighted by Gasteiger charge is 2.35. The summed E-state index contributed by atoms with van der Waals surface area (Å²) in [7, 11) is 0. The Morgan fingerprint density at radius 1 is 1.33 bits per heavy atom. The quantitative estimate of drug-likeness (QED) is 0.309. The molecule has 21 heavy (non-hydrogen) atoms. The Kier molecular flexibility index (Phi) is 7.64. The van der Waals surface area contributed by atoms with Crippen molar-refractivity contribution in [1.82, 2.24) is 0 Å². The average Bonchev–Trinajstić information content (AvgIpc) is 2.76. The Labute approximate surface area is 125 Å². The summed E-state index contributed by atoms with van der Waals surface area (Å²) < 4.78 is 0.